The smallest absolute Gasteiger partial charge is 0.248 e. The van der Waals surface area contributed by atoms with E-state index >= 15 is 0 Å². The van der Waals surface area contributed by atoms with Crippen molar-refractivity contribution in [2.75, 3.05) is 0 Å². The number of amides is 1. The molecule has 0 atom stereocenters. The van der Waals surface area contributed by atoms with Gasteiger partial charge in [0.05, 0.1) is 5.75 Å². The Labute approximate surface area is 127 Å². The molecule has 2 N–H and O–H groups in total. The number of carbonyl (C=O) groups is 1. The van der Waals surface area contributed by atoms with Gasteiger partial charge < -0.3 is 10.3 Å². The van der Waals surface area contributed by atoms with E-state index in [1.165, 1.54) is 6.07 Å². The Bertz CT molecular complexity index is 809. The van der Waals surface area contributed by atoms with E-state index in [0.717, 1.165) is 12.8 Å². The second-order valence-corrected chi connectivity index (χ2v) is 7.48. The maximum atomic E-state index is 12.2. The van der Waals surface area contributed by atoms with Crippen molar-refractivity contribution >= 4 is 15.7 Å². The third-order valence-corrected chi connectivity index (χ3v) is 4.83. The van der Waals surface area contributed by atoms with Crippen LogP contribution in [0.25, 0.3) is 0 Å². The standard InChI is InChI=1S/C14H15N3O4S/c15-13(18)11-3-1-2-9(6-11)7-22(19,20)8-12-16-14(17-21-12)10-4-5-10/h1-3,6,10H,4-5,7-8H2,(H2,15,18). The van der Waals surface area contributed by atoms with Gasteiger partial charge in [-0.3, -0.25) is 4.79 Å². The van der Waals surface area contributed by atoms with Gasteiger partial charge in [0, 0.05) is 11.5 Å². The fourth-order valence-corrected chi connectivity index (χ4v) is 3.42. The number of nitrogens with two attached hydrogens (primary N) is 1. The van der Waals surface area contributed by atoms with Crippen LogP contribution < -0.4 is 5.73 Å². The van der Waals surface area contributed by atoms with Crippen molar-refractivity contribution in [1.29, 1.82) is 0 Å². The minimum absolute atomic E-state index is 0.105. The number of hydrogen-bond acceptors (Lipinski definition) is 6. The van der Waals surface area contributed by atoms with Crippen LogP contribution in [0.5, 0.6) is 0 Å². The number of primary amides is 1. The van der Waals surface area contributed by atoms with E-state index < -0.39 is 15.7 Å². The summed E-state index contributed by atoms with van der Waals surface area (Å²) < 4.78 is 29.4. The third kappa shape index (κ3) is 3.51. The SMILES string of the molecule is NC(=O)c1cccc(CS(=O)(=O)Cc2nc(C3CC3)no2)c1. The molecule has 0 bridgehead atoms. The van der Waals surface area contributed by atoms with E-state index in [2.05, 4.69) is 10.1 Å². The summed E-state index contributed by atoms with van der Waals surface area (Å²) >= 11 is 0. The normalized spacial score (nSPS) is 14.9. The molecule has 0 unspecified atom stereocenters. The van der Waals surface area contributed by atoms with Gasteiger partial charge in [-0.2, -0.15) is 4.98 Å². The Hall–Kier alpha value is -2.22. The van der Waals surface area contributed by atoms with Gasteiger partial charge in [0.25, 0.3) is 0 Å². The Kier molecular flexibility index (Phi) is 3.69. The summed E-state index contributed by atoms with van der Waals surface area (Å²) in [5.41, 5.74) is 5.96. The largest absolute Gasteiger partial charge is 0.366 e. The van der Waals surface area contributed by atoms with Crippen LogP contribution in [0.3, 0.4) is 0 Å². The molecule has 0 aliphatic heterocycles. The first-order chi connectivity index (χ1) is 10.4. The molecule has 116 valence electrons. The first kappa shape index (κ1) is 14.7. The molecule has 0 saturated heterocycles. The zero-order valence-electron chi connectivity index (χ0n) is 11.7. The fraction of sp³-hybridized carbons (Fsp3) is 0.357. The van der Waals surface area contributed by atoms with E-state index in [-0.39, 0.29) is 23.0 Å². The monoisotopic (exact) mass is 321 g/mol. The molecule has 2 aromatic rings. The van der Waals surface area contributed by atoms with Crippen molar-refractivity contribution in [2.45, 2.75) is 30.3 Å². The second-order valence-electron chi connectivity index (χ2n) is 5.42. The van der Waals surface area contributed by atoms with E-state index in [4.69, 9.17) is 10.3 Å². The van der Waals surface area contributed by atoms with E-state index in [0.29, 0.717) is 17.3 Å². The molecule has 8 heteroatoms. The molecule has 1 fully saturated rings. The van der Waals surface area contributed by atoms with Crippen molar-refractivity contribution in [3.8, 4) is 0 Å². The van der Waals surface area contributed by atoms with Crippen LogP contribution >= 0.6 is 0 Å². The number of sulfone groups is 1. The Morgan fingerprint density at radius 2 is 2.09 bits per heavy atom. The molecule has 0 radical (unpaired) electrons. The lowest BCUT2D eigenvalue weighted by molar-refractivity contribution is 0.1000. The molecule has 1 aromatic heterocycles. The maximum absolute atomic E-state index is 12.2. The molecule has 1 aliphatic rings. The highest BCUT2D eigenvalue weighted by atomic mass is 32.2. The van der Waals surface area contributed by atoms with Gasteiger partial charge in [-0.05, 0) is 30.5 Å². The topological polar surface area (TPSA) is 116 Å². The third-order valence-electron chi connectivity index (χ3n) is 3.37. The van der Waals surface area contributed by atoms with Gasteiger partial charge in [0.15, 0.2) is 15.7 Å². The van der Waals surface area contributed by atoms with Gasteiger partial charge in [0.1, 0.15) is 5.75 Å². The van der Waals surface area contributed by atoms with Crippen molar-refractivity contribution in [1.82, 2.24) is 10.1 Å². The summed E-state index contributed by atoms with van der Waals surface area (Å²) in [5, 5.41) is 3.79. The average molecular weight is 321 g/mol. The summed E-state index contributed by atoms with van der Waals surface area (Å²) in [4.78, 5) is 15.2. The van der Waals surface area contributed by atoms with Crippen molar-refractivity contribution < 1.29 is 17.7 Å². The molecule has 22 heavy (non-hydrogen) atoms. The Morgan fingerprint density at radius 1 is 1.32 bits per heavy atom. The summed E-state index contributed by atoms with van der Waals surface area (Å²) in [6, 6.07) is 6.25. The Morgan fingerprint density at radius 3 is 2.77 bits per heavy atom. The lowest BCUT2D eigenvalue weighted by Crippen LogP contribution is -2.12. The van der Waals surface area contributed by atoms with E-state index in [1.54, 1.807) is 18.2 Å². The highest BCUT2D eigenvalue weighted by molar-refractivity contribution is 7.89. The van der Waals surface area contributed by atoms with Crippen LogP contribution in [-0.4, -0.2) is 24.5 Å². The average Bonchev–Trinajstić information content (AvgIpc) is 3.19. The quantitative estimate of drug-likeness (QED) is 0.853. The molecule has 3 rings (SSSR count). The van der Waals surface area contributed by atoms with Crippen LogP contribution in [0.1, 0.15) is 46.4 Å². The number of benzene rings is 1. The summed E-state index contributed by atoms with van der Waals surface area (Å²) in [6.07, 6.45) is 2.04. The second kappa shape index (κ2) is 5.53. The van der Waals surface area contributed by atoms with E-state index in [1.807, 2.05) is 0 Å². The lowest BCUT2D eigenvalue weighted by atomic mass is 10.1. The molecule has 1 aliphatic carbocycles. The van der Waals surface area contributed by atoms with Crippen molar-refractivity contribution in [3.05, 3.63) is 47.1 Å². The molecule has 1 saturated carbocycles. The highest BCUT2D eigenvalue weighted by Crippen LogP contribution is 2.38. The minimum atomic E-state index is -3.47. The molecule has 1 heterocycles. The lowest BCUT2D eigenvalue weighted by Gasteiger charge is -2.03. The fourth-order valence-electron chi connectivity index (χ4n) is 2.14. The maximum Gasteiger partial charge on any atom is 0.248 e. The first-order valence-electron chi connectivity index (χ1n) is 6.84. The zero-order chi connectivity index (χ0) is 15.7. The van der Waals surface area contributed by atoms with Crippen LogP contribution in [0, 0.1) is 0 Å². The highest BCUT2D eigenvalue weighted by Gasteiger charge is 2.29. The number of aromatic nitrogens is 2. The molecule has 1 aromatic carbocycles. The number of carbonyl (C=O) groups excluding carboxylic acids is 1. The van der Waals surface area contributed by atoms with Crippen molar-refractivity contribution in [3.63, 3.8) is 0 Å². The molecule has 0 spiro atoms. The predicted octanol–water partition coefficient (Wildman–Crippen LogP) is 1.16. The molecular weight excluding hydrogens is 306 g/mol. The van der Waals surface area contributed by atoms with Crippen LogP contribution in [0.15, 0.2) is 28.8 Å². The van der Waals surface area contributed by atoms with Gasteiger partial charge in [-0.1, -0.05) is 17.3 Å². The van der Waals surface area contributed by atoms with Gasteiger partial charge in [-0.15, -0.1) is 0 Å². The summed E-state index contributed by atoms with van der Waals surface area (Å²) in [5.74, 6) is -0.116. The van der Waals surface area contributed by atoms with E-state index in [9.17, 15) is 13.2 Å². The minimum Gasteiger partial charge on any atom is -0.366 e. The predicted molar refractivity (Wildman–Crippen MR) is 77.6 cm³/mol. The molecule has 7 nitrogen and oxygen atoms in total. The molecule has 1 amide bonds. The van der Waals surface area contributed by atoms with Gasteiger partial charge in [-0.25, -0.2) is 8.42 Å². The van der Waals surface area contributed by atoms with Gasteiger partial charge >= 0.3 is 0 Å². The Balaban J connectivity index is 1.72. The summed E-state index contributed by atoms with van der Waals surface area (Å²) in [6.45, 7) is 0. The number of hydrogen-bond donors (Lipinski definition) is 1. The van der Waals surface area contributed by atoms with Crippen LogP contribution in [0.2, 0.25) is 0 Å². The first-order valence-corrected chi connectivity index (χ1v) is 8.67. The molecular formula is C14H15N3O4S. The number of nitrogens with zero attached hydrogens (tertiary/aromatic N) is 2. The van der Waals surface area contributed by atoms with Crippen LogP contribution in [0.4, 0.5) is 0 Å². The van der Waals surface area contributed by atoms with Gasteiger partial charge in [0.2, 0.25) is 11.8 Å². The summed E-state index contributed by atoms with van der Waals surface area (Å²) in [7, 11) is -3.47. The van der Waals surface area contributed by atoms with Crippen LogP contribution in [-0.2, 0) is 21.3 Å². The van der Waals surface area contributed by atoms with Crippen molar-refractivity contribution in [2.24, 2.45) is 5.73 Å². The number of rotatable bonds is 6. The zero-order valence-corrected chi connectivity index (χ0v) is 12.5.